The lowest BCUT2D eigenvalue weighted by Gasteiger charge is -2.30. The van der Waals surface area contributed by atoms with Gasteiger partial charge in [0.05, 0.1) is 6.61 Å². The molecule has 2 unspecified atom stereocenters. The maximum Gasteiger partial charge on any atom is 0.122 e. The van der Waals surface area contributed by atoms with Crippen molar-refractivity contribution in [3.63, 3.8) is 0 Å². The van der Waals surface area contributed by atoms with E-state index in [-0.39, 0.29) is 0 Å². The maximum absolute atomic E-state index is 5.77. The fraction of sp³-hybridized carbons (Fsp3) is 0.625. The molecule has 1 aliphatic rings. The van der Waals surface area contributed by atoms with Crippen LogP contribution in [-0.4, -0.2) is 19.2 Å². The van der Waals surface area contributed by atoms with E-state index >= 15 is 0 Å². The average Bonchev–Trinajstić information content (AvgIpc) is 2.40. The van der Waals surface area contributed by atoms with Gasteiger partial charge < -0.3 is 10.1 Å². The van der Waals surface area contributed by atoms with Crippen LogP contribution in [0.3, 0.4) is 0 Å². The van der Waals surface area contributed by atoms with Crippen molar-refractivity contribution < 1.29 is 4.74 Å². The number of hydrogen-bond acceptors (Lipinski definition) is 2. The minimum atomic E-state index is 0.658. The highest BCUT2D eigenvalue weighted by Crippen LogP contribution is 2.37. The molecule has 0 aliphatic heterocycles. The summed E-state index contributed by atoms with van der Waals surface area (Å²) in [5.74, 6) is 1.74. The monoisotopic (exact) mass is 247 g/mol. The molecule has 1 fully saturated rings. The number of para-hydroxylation sites is 1. The number of hydrogen-bond donors (Lipinski definition) is 1. The first kappa shape index (κ1) is 13.4. The Kier molecular flexibility index (Phi) is 5.06. The quantitative estimate of drug-likeness (QED) is 0.856. The number of ether oxygens (including phenoxy) is 1. The Morgan fingerprint density at radius 3 is 2.83 bits per heavy atom. The van der Waals surface area contributed by atoms with Crippen LogP contribution < -0.4 is 10.1 Å². The van der Waals surface area contributed by atoms with Gasteiger partial charge in [-0.3, -0.25) is 0 Å². The van der Waals surface area contributed by atoms with Crippen LogP contribution in [0.1, 0.15) is 51.0 Å². The highest BCUT2D eigenvalue weighted by atomic mass is 16.5. The summed E-state index contributed by atoms with van der Waals surface area (Å²) in [5.41, 5.74) is 1.40. The SMILES string of the molecule is CCNC1CCCC(c2ccccc2OCC)C1. The minimum Gasteiger partial charge on any atom is -0.494 e. The van der Waals surface area contributed by atoms with E-state index in [4.69, 9.17) is 4.74 Å². The van der Waals surface area contributed by atoms with E-state index in [1.54, 1.807) is 0 Å². The van der Waals surface area contributed by atoms with Crippen LogP contribution >= 0.6 is 0 Å². The first-order chi connectivity index (χ1) is 8.85. The van der Waals surface area contributed by atoms with Crippen LogP contribution in [0.2, 0.25) is 0 Å². The molecular formula is C16H25NO. The summed E-state index contributed by atoms with van der Waals surface area (Å²) in [5, 5.41) is 3.59. The van der Waals surface area contributed by atoms with Gasteiger partial charge >= 0.3 is 0 Å². The smallest absolute Gasteiger partial charge is 0.122 e. The van der Waals surface area contributed by atoms with Crippen molar-refractivity contribution in [1.82, 2.24) is 5.32 Å². The van der Waals surface area contributed by atoms with Crippen molar-refractivity contribution in [2.45, 2.75) is 51.5 Å². The van der Waals surface area contributed by atoms with Gasteiger partial charge in [0, 0.05) is 6.04 Å². The standard InChI is InChI=1S/C16H25NO/c1-3-17-14-9-7-8-13(12-14)15-10-5-6-11-16(15)18-4-2/h5-6,10-11,13-14,17H,3-4,7-9,12H2,1-2H3. The Hall–Kier alpha value is -1.02. The Morgan fingerprint density at radius 1 is 1.22 bits per heavy atom. The van der Waals surface area contributed by atoms with E-state index in [0.29, 0.717) is 12.0 Å². The summed E-state index contributed by atoms with van der Waals surface area (Å²) in [6.07, 6.45) is 5.19. The van der Waals surface area contributed by atoms with Crippen molar-refractivity contribution in [2.24, 2.45) is 0 Å². The average molecular weight is 247 g/mol. The molecule has 1 aromatic carbocycles. The van der Waals surface area contributed by atoms with Gasteiger partial charge in [0.1, 0.15) is 5.75 Å². The van der Waals surface area contributed by atoms with Crippen molar-refractivity contribution in [3.05, 3.63) is 29.8 Å². The summed E-state index contributed by atoms with van der Waals surface area (Å²) < 4.78 is 5.77. The molecule has 2 heteroatoms. The molecule has 0 spiro atoms. The molecule has 0 heterocycles. The van der Waals surface area contributed by atoms with Crippen molar-refractivity contribution in [1.29, 1.82) is 0 Å². The van der Waals surface area contributed by atoms with Crippen LogP contribution in [-0.2, 0) is 0 Å². The molecule has 0 bridgehead atoms. The van der Waals surface area contributed by atoms with Gasteiger partial charge in [-0.05, 0) is 50.3 Å². The lowest BCUT2D eigenvalue weighted by molar-refractivity contribution is 0.313. The molecule has 2 atom stereocenters. The van der Waals surface area contributed by atoms with E-state index in [9.17, 15) is 0 Å². The third-order valence-corrected chi connectivity index (χ3v) is 3.83. The van der Waals surface area contributed by atoms with Crippen molar-refractivity contribution in [3.8, 4) is 5.75 Å². The topological polar surface area (TPSA) is 21.3 Å². The third kappa shape index (κ3) is 3.26. The molecule has 1 saturated carbocycles. The summed E-state index contributed by atoms with van der Waals surface area (Å²) in [6, 6.07) is 9.23. The van der Waals surface area contributed by atoms with Gasteiger partial charge in [-0.15, -0.1) is 0 Å². The third-order valence-electron chi connectivity index (χ3n) is 3.83. The molecule has 0 amide bonds. The van der Waals surface area contributed by atoms with Crippen LogP contribution in [0.25, 0.3) is 0 Å². The molecule has 2 nitrogen and oxygen atoms in total. The zero-order valence-electron chi connectivity index (χ0n) is 11.6. The Labute approximate surface area is 111 Å². The Morgan fingerprint density at radius 2 is 2.06 bits per heavy atom. The fourth-order valence-electron chi connectivity index (χ4n) is 3.05. The van der Waals surface area contributed by atoms with Crippen LogP contribution in [0.5, 0.6) is 5.75 Å². The zero-order chi connectivity index (χ0) is 12.8. The summed E-state index contributed by atoms with van der Waals surface area (Å²) in [4.78, 5) is 0. The predicted octanol–water partition coefficient (Wildman–Crippen LogP) is 3.72. The maximum atomic E-state index is 5.77. The zero-order valence-corrected chi connectivity index (χ0v) is 11.6. The largest absolute Gasteiger partial charge is 0.494 e. The lowest BCUT2D eigenvalue weighted by atomic mass is 9.81. The molecular weight excluding hydrogens is 222 g/mol. The van der Waals surface area contributed by atoms with Crippen molar-refractivity contribution in [2.75, 3.05) is 13.2 Å². The van der Waals surface area contributed by atoms with E-state index in [1.165, 1.54) is 31.2 Å². The van der Waals surface area contributed by atoms with Gasteiger partial charge in [-0.2, -0.15) is 0 Å². The van der Waals surface area contributed by atoms with E-state index < -0.39 is 0 Å². The number of nitrogens with one attached hydrogen (secondary N) is 1. The summed E-state index contributed by atoms with van der Waals surface area (Å²) in [7, 11) is 0. The molecule has 18 heavy (non-hydrogen) atoms. The molecule has 1 aliphatic carbocycles. The first-order valence-electron chi connectivity index (χ1n) is 7.30. The number of benzene rings is 1. The molecule has 0 saturated heterocycles. The van der Waals surface area contributed by atoms with Crippen LogP contribution in [0.4, 0.5) is 0 Å². The Balaban J connectivity index is 2.10. The lowest BCUT2D eigenvalue weighted by Crippen LogP contribution is -2.33. The van der Waals surface area contributed by atoms with Gasteiger partial charge in [0.2, 0.25) is 0 Å². The number of rotatable bonds is 5. The molecule has 1 aromatic rings. The minimum absolute atomic E-state index is 0.658. The highest BCUT2D eigenvalue weighted by Gasteiger charge is 2.24. The molecule has 1 N–H and O–H groups in total. The van der Waals surface area contributed by atoms with E-state index in [0.717, 1.165) is 18.9 Å². The summed E-state index contributed by atoms with van der Waals surface area (Å²) in [6.45, 7) is 6.07. The predicted molar refractivity (Wildman–Crippen MR) is 76.3 cm³/mol. The second-order valence-electron chi connectivity index (χ2n) is 5.09. The van der Waals surface area contributed by atoms with Gasteiger partial charge in [0.25, 0.3) is 0 Å². The van der Waals surface area contributed by atoms with Crippen LogP contribution in [0, 0.1) is 0 Å². The van der Waals surface area contributed by atoms with Gasteiger partial charge in [-0.25, -0.2) is 0 Å². The van der Waals surface area contributed by atoms with E-state index in [2.05, 4.69) is 43.4 Å². The molecule has 100 valence electrons. The fourth-order valence-corrected chi connectivity index (χ4v) is 3.05. The van der Waals surface area contributed by atoms with Gasteiger partial charge in [0.15, 0.2) is 0 Å². The molecule has 0 radical (unpaired) electrons. The summed E-state index contributed by atoms with van der Waals surface area (Å²) >= 11 is 0. The normalized spacial score (nSPS) is 23.9. The van der Waals surface area contributed by atoms with E-state index in [1.807, 2.05) is 0 Å². The Bertz CT molecular complexity index is 362. The van der Waals surface area contributed by atoms with Gasteiger partial charge in [-0.1, -0.05) is 31.5 Å². The molecule has 2 rings (SSSR count). The van der Waals surface area contributed by atoms with Crippen molar-refractivity contribution >= 4 is 0 Å². The first-order valence-corrected chi connectivity index (χ1v) is 7.30. The highest BCUT2D eigenvalue weighted by molar-refractivity contribution is 5.36. The van der Waals surface area contributed by atoms with Crippen LogP contribution in [0.15, 0.2) is 24.3 Å². The molecule has 0 aromatic heterocycles. The second-order valence-corrected chi connectivity index (χ2v) is 5.09. The second kappa shape index (κ2) is 6.79.